The van der Waals surface area contributed by atoms with E-state index in [-0.39, 0.29) is 13.1 Å². The first kappa shape index (κ1) is 12.1. The van der Waals surface area contributed by atoms with E-state index in [4.69, 9.17) is 5.11 Å². The minimum Gasteiger partial charge on any atom is -0.465 e. The highest BCUT2D eigenvalue weighted by molar-refractivity contribution is 7.87. The fourth-order valence-electron chi connectivity index (χ4n) is 1.23. The molecule has 0 aromatic heterocycles. The first-order chi connectivity index (χ1) is 6.87. The van der Waals surface area contributed by atoms with E-state index in [1.54, 1.807) is 0 Å². The summed E-state index contributed by atoms with van der Waals surface area (Å²) in [5, 5.41) is 8.57. The SMILES string of the molecule is CNS(=O)(=O)NC[C@@H]1[C@H](F)CN1C(=O)O. The smallest absolute Gasteiger partial charge is 0.407 e. The van der Waals surface area contributed by atoms with Gasteiger partial charge in [0.1, 0.15) is 6.17 Å². The van der Waals surface area contributed by atoms with E-state index in [1.807, 2.05) is 9.44 Å². The Kier molecular flexibility index (Phi) is 3.47. The van der Waals surface area contributed by atoms with Crippen LogP contribution >= 0.6 is 0 Å². The first-order valence-corrected chi connectivity index (χ1v) is 5.67. The van der Waals surface area contributed by atoms with Gasteiger partial charge in [0.05, 0.1) is 12.6 Å². The summed E-state index contributed by atoms with van der Waals surface area (Å²) in [5.74, 6) is 0. The summed E-state index contributed by atoms with van der Waals surface area (Å²) in [6.45, 7) is -0.474. The summed E-state index contributed by atoms with van der Waals surface area (Å²) in [6, 6.07) is -0.939. The van der Waals surface area contributed by atoms with E-state index in [1.165, 1.54) is 7.05 Å². The molecule has 2 atom stereocenters. The molecule has 88 valence electrons. The standard InChI is InChI=1S/C6H12FN3O4S/c1-8-15(13,14)9-2-5-4(7)3-10(5)6(11)12/h4-5,8-9H,2-3H2,1H3,(H,11,12)/t4-,5-/m1/s1. The minimum atomic E-state index is -3.65. The van der Waals surface area contributed by atoms with Crippen molar-refractivity contribution in [1.82, 2.24) is 14.3 Å². The van der Waals surface area contributed by atoms with Crippen molar-refractivity contribution in [3.8, 4) is 0 Å². The van der Waals surface area contributed by atoms with Gasteiger partial charge in [0.15, 0.2) is 0 Å². The number of halogens is 1. The third kappa shape index (κ3) is 2.76. The normalized spacial score (nSPS) is 26.1. The summed E-state index contributed by atoms with van der Waals surface area (Å²) in [6.07, 6.45) is -2.57. The average Bonchev–Trinajstić information content (AvgIpc) is 2.13. The molecule has 0 radical (unpaired) electrons. The fraction of sp³-hybridized carbons (Fsp3) is 0.833. The predicted molar refractivity (Wildman–Crippen MR) is 49.4 cm³/mol. The van der Waals surface area contributed by atoms with E-state index in [2.05, 4.69) is 0 Å². The number of likely N-dealkylation sites (tertiary alicyclic amines) is 1. The minimum absolute atomic E-state index is 0.207. The maximum absolute atomic E-state index is 12.9. The Labute approximate surface area is 86.4 Å². The second-order valence-electron chi connectivity index (χ2n) is 3.07. The van der Waals surface area contributed by atoms with Crippen molar-refractivity contribution < 1.29 is 22.7 Å². The van der Waals surface area contributed by atoms with Crippen LogP contribution in [0.25, 0.3) is 0 Å². The Morgan fingerprint density at radius 2 is 2.27 bits per heavy atom. The third-order valence-corrected chi connectivity index (χ3v) is 3.27. The molecule has 9 heteroatoms. The number of nitrogens with zero attached hydrogens (tertiary/aromatic N) is 1. The monoisotopic (exact) mass is 241 g/mol. The van der Waals surface area contributed by atoms with Gasteiger partial charge in [0, 0.05) is 13.6 Å². The molecular weight excluding hydrogens is 229 g/mol. The van der Waals surface area contributed by atoms with Gasteiger partial charge in [-0.05, 0) is 0 Å². The van der Waals surface area contributed by atoms with E-state index in [0.717, 1.165) is 4.90 Å². The van der Waals surface area contributed by atoms with Crippen LogP contribution in [0.2, 0.25) is 0 Å². The topological polar surface area (TPSA) is 98.7 Å². The predicted octanol–water partition coefficient (Wildman–Crippen LogP) is -1.26. The number of amides is 1. The van der Waals surface area contributed by atoms with Crippen LogP contribution in [-0.4, -0.2) is 56.9 Å². The van der Waals surface area contributed by atoms with Crippen LogP contribution in [-0.2, 0) is 10.2 Å². The lowest BCUT2D eigenvalue weighted by atomic mass is 10.0. The highest BCUT2D eigenvalue weighted by atomic mass is 32.2. The molecule has 1 aliphatic heterocycles. The van der Waals surface area contributed by atoms with Crippen LogP contribution in [0, 0.1) is 0 Å². The number of hydrogen-bond acceptors (Lipinski definition) is 3. The quantitative estimate of drug-likeness (QED) is 0.572. The van der Waals surface area contributed by atoms with Gasteiger partial charge in [0.25, 0.3) is 10.2 Å². The van der Waals surface area contributed by atoms with Crippen molar-refractivity contribution in [2.45, 2.75) is 12.2 Å². The largest absolute Gasteiger partial charge is 0.465 e. The van der Waals surface area contributed by atoms with Gasteiger partial charge in [-0.25, -0.2) is 18.6 Å². The Bertz CT molecular complexity index is 346. The molecule has 1 heterocycles. The van der Waals surface area contributed by atoms with Crippen molar-refractivity contribution in [3.05, 3.63) is 0 Å². The molecule has 15 heavy (non-hydrogen) atoms. The van der Waals surface area contributed by atoms with E-state index in [9.17, 15) is 17.6 Å². The Morgan fingerprint density at radius 3 is 2.67 bits per heavy atom. The van der Waals surface area contributed by atoms with Crippen molar-refractivity contribution in [2.75, 3.05) is 20.1 Å². The van der Waals surface area contributed by atoms with Gasteiger partial charge in [-0.1, -0.05) is 0 Å². The molecule has 0 bridgehead atoms. The molecular formula is C6H12FN3O4S. The molecule has 1 fully saturated rings. The summed E-state index contributed by atoms with van der Waals surface area (Å²) in [7, 11) is -2.45. The Hall–Kier alpha value is -0.930. The van der Waals surface area contributed by atoms with Crippen molar-refractivity contribution >= 4 is 16.3 Å². The van der Waals surface area contributed by atoms with Gasteiger partial charge < -0.3 is 5.11 Å². The highest BCUT2D eigenvalue weighted by Gasteiger charge is 2.42. The number of carboxylic acid groups (broad SMARTS) is 1. The summed E-state index contributed by atoms with van der Waals surface area (Å²) in [5.41, 5.74) is 0. The summed E-state index contributed by atoms with van der Waals surface area (Å²) >= 11 is 0. The number of carbonyl (C=O) groups is 1. The number of nitrogens with one attached hydrogen (secondary N) is 2. The van der Waals surface area contributed by atoms with Gasteiger partial charge >= 0.3 is 6.09 Å². The Morgan fingerprint density at radius 1 is 1.67 bits per heavy atom. The van der Waals surface area contributed by atoms with Crippen LogP contribution in [0.3, 0.4) is 0 Å². The van der Waals surface area contributed by atoms with Gasteiger partial charge in [-0.3, -0.25) is 4.90 Å². The van der Waals surface area contributed by atoms with Crippen molar-refractivity contribution in [1.29, 1.82) is 0 Å². The van der Waals surface area contributed by atoms with Crippen LogP contribution < -0.4 is 9.44 Å². The lowest BCUT2D eigenvalue weighted by Crippen LogP contribution is -2.64. The van der Waals surface area contributed by atoms with E-state index < -0.39 is 28.5 Å². The molecule has 1 amide bonds. The molecule has 1 saturated heterocycles. The molecule has 0 aromatic rings. The molecule has 0 saturated carbocycles. The number of alkyl halides is 1. The number of hydrogen-bond donors (Lipinski definition) is 3. The highest BCUT2D eigenvalue weighted by Crippen LogP contribution is 2.20. The second kappa shape index (κ2) is 4.29. The fourth-order valence-corrected chi connectivity index (χ4v) is 1.76. The van der Waals surface area contributed by atoms with Crippen LogP contribution in [0.4, 0.5) is 9.18 Å². The van der Waals surface area contributed by atoms with Crippen LogP contribution in [0.5, 0.6) is 0 Å². The first-order valence-electron chi connectivity index (χ1n) is 4.19. The van der Waals surface area contributed by atoms with E-state index >= 15 is 0 Å². The summed E-state index contributed by atoms with van der Waals surface area (Å²) in [4.78, 5) is 11.3. The number of rotatable bonds is 4. The third-order valence-electron chi connectivity index (χ3n) is 2.19. The maximum atomic E-state index is 12.9. The van der Waals surface area contributed by atoms with Crippen LogP contribution in [0.1, 0.15) is 0 Å². The zero-order valence-corrected chi connectivity index (χ0v) is 8.79. The molecule has 0 aliphatic carbocycles. The van der Waals surface area contributed by atoms with E-state index in [0.29, 0.717) is 0 Å². The molecule has 7 nitrogen and oxygen atoms in total. The molecule has 0 aromatic carbocycles. The maximum Gasteiger partial charge on any atom is 0.407 e. The van der Waals surface area contributed by atoms with Gasteiger partial charge in [-0.2, -0.15) is 8.42 Å². The molecule has 1 aliphatic rings. The molecule has 0 spiro atoms. The molecule has 3 N–H and O–H groups in total. The zero-order valence-electron chi connectivity index (χ0n) is 7.97. The van der Waals surface area contributed by atoms with Gasteiger partial charge in [-0.15, -0.1) is 0 Å². The Balaban J connectivity index is 2.48. The lowest BCUT2D eigenvalue weighted by molar-refractivity contribution is 0.00497. The average molecular weight is 241 g/mol. The van der Waals surface area contributed by atoms with Crippen molar-refractivity contribution in [2.24, 2.45) is 0 Å². The molecule has 0 unspecified atom stereocenters. The van der Waals surface area contributed by atoms with Gasteiger partial charge in [0.2, 0.25) is 0 Å². The lowest BCUT2D eigenvalue weighted by Gasteiger charge is -2.41. The van der Waals surface area contributed by atoms with Crippen LogP contribution in [0.15, 0.2) is 0 Å². The summed E-state index contributed by atoms with van der Waals surface area (Å²) < 4.78 is 38.8. The second-order valence-corrected chi connectivity index (χ2v) is 4.78. The van der Waals surface area contributed by atoms with Crippen molar-refractivity contribution in [3.63, 3.8) is 0 Å². The zero-order chi connectivity index (χ0) is 11.6. The molecule has 1 rings (SSSR count).